The van der Waals surface area contributed by atoms with E-state index in [4.69, 9.17) is 0 Å². The molecule has 0 unspecified atom stereocenters. The number of hydrogen-bond donors (Lipinski definition) is 1. The number of ether oxygens (including phenoxy) is 1. The van der Waals surface area contributed by atoms with E-state index in [1.165, 1.54) is 57.3 Å². The molecule has 4 heteroatoms. The van der Waals surface area contributed by atoms with E-state index in [-0.39, 0.29) is 5.97 Å². The normalized spacial score (nSPS) is 34.2. The minimum absolute atomic E-state index is 0.315. The predicted molar refractivity (Wildman–Crippen MR) is 94.2 cm³/mol. The summed E-state index contributed by atoms with van der Waals surface area (Å²) in [6.45, 7) is 0.923. The fourth-order valence-corrected chi connectivity index (χ4v) is 5.75. The Morgan fingerprint density at radius 1 is 1.29 bits per heavy atom. The van der Waals surface area contributed by atoms with Gasteiger partial charge in [-0.25, -0.2) is 4.79 Å². The molecule has 1 aromatic heterocycles. The van der Waals surface area contributed by atoms with Gasteiger partial charge in [0.05, 0.1) is 7.11 Å². The number of aromatic nitrogens is 1. The van der Waals surface area contributed by atoms with E-state index in [0.717, 1.165) is 30.0 Å². The first-order chi connectivity index (χ1) is 11.5. The first kappa shape index (κ1) is 15.9. The number of carbonyl (C=O) groups excluding carboxylic acids is 1. The maximum absolute atomic E-state index is 11.3. The highest BCUT2D eigenvalue weighted by Gasteiger charge is 2.50. The molecule has 1 N–H and O–H groups in total. The Labute approximate surface area is 144 Å². The van der Waals surface area contributed by atoms with Crippen LogP contribution >= 0.6 is 0 Å². The molecule has 0 spiro atoms. The zero-order valence-corrected chi connectivity index (χ0v) is 14.8. The van der Waals surface area contributed by atoms with E-state index in [1.54, 1.807) is 0 Å². The Hall–Kier alpha value is -1.55. The van der Waals surface area contributed by atoms with Gasteiger partial charge in [0.2, 0.25) is 0 Å². The third-order valence-electron chi connectivity index (χ3n) is 6.40. The summed E-state index contributed by atoms with van der Waals surface area (Å²) in [5, 5.41) is 3.93. The van der Waals surface area contributed by atoms with Gasteiger partial charge in [-0.2, -0.15) is 0 Å². The average Bonchev–Trinajstić information content (AvgIpc) is 2.89. The lowest BCUT2D eigenvalue weighted by Gasteiger charge is -2.57. The van der Waals surface area contributed by atoms with E-state index >= 15 is 0 Å². The second-order valence-corrected chi connectivity index (χ2v) is 8.29. The zero-order valence-electron chi connectivity index (χ0n) is 14.8. The van der Waals surface area contributed by atoms with Crippen molar-refractivity contribution in [2.24, 2.45) is 24.8 Å². The molecule has 5 rings (SSSR count). The van der Waals surface area contributed by atoms with Gasteiger partial charge in [0.1, 0.15) is 0 Å². The molecular formula is C20H28N2O2. The van der Waals surface area contributed by atoms with Crippen LogP contribution in [0.1, 0.15) is 49.8 Å². The average molecular weight is 328 g/mol. The van der Waals surface area contributed by atoms with Crippen molar-refractivity contribution >= 4 is 12.0 Å². The van der Waals surface area contributed by atoms with E-state index in [1.807, 2.05) is 13.1 Å². The van der Waals surface area contributed by atoms with Crippen LogP contribution in [0.25, 0.3) is 6.08 Å². The molecule has 0 atom stereocenters. The highest BCUT2D eigenvalue weighted by Crippen LogP contribution is 2.55. The maximum Gasteiger partial charge on any atom is 0.330 e. The van der Waals surface area contributed by atoms with Crippen molar-refractivity contribution in [2.75, 3.05) is 7.11 Å². The summed E-state index contributed by atoms with van der Waals surface area (Å²) >= 11 is 0. The molecule has 4 bridgehead atoms. The molecule has 0 aliphatic heterocycles. The number of aryl methyl sites for hydroxylation is 1. The van der Waals surface area contributed by atoms with E-state index in [9.17, 15) is 4.79 Å². The monoisotopic (exact) mass is 328 g/mol. The number of esters is 1. The van der Waals surface area contributed by atoms with Crippen LogP contribution < -0.4 is 5.32 Å². The van der Waals surface area contributed by atoms with Gasteiger partial charge in [-0.1, -0.05) is 0 Å². The van der Waals surface area contributed by atoms with Crippen LogP contribution in [0.2, 0.25) is 0 Å². The molecular weight excluding hydrogens is 300 g/mol. The molecule has 4 fully saturated rings. The lowest BCUT2D eigenvalue weighted by Crippen LogP contribution is -2.58. The van der Waals surface area contributed by atoms with E-state index in [2.05, 4.69) is 26.9 Å². The van der Waals surface area contributed by atoms with Gasteiger partial charge in [0, 0.05) is 37.1 Å². The van der Waals surface area contributed by atoms with Gasteiger partial charge in [-0.05, 0) is 74.0 Å². The van der Waals surface area contributed by atoms with Gasteiger partial charge >= 0.3 is 5.97 Å². The maximum atomic E-state index is 11.3. The van der Waals surface area contributed by atoms with Crippen LogP contribution in [0.5, 0.6) is 0 Å². The standard InChI is InChI=1S/C20H28N2O2/c1-22-13-17(8-18(22)3-4-19(23)24-2)12-21-20-9-14-5-15(10-20)7-16(6-14)11-20/h3-4,8,13-16,21H,5-7,9-12H2,1-2H3/b4-3+. The van der Waals surface area contributed by atoms with E-state index in [0.29, 0.717) is 5.54 Å². The number of carbonyl (C=O) groups is 1. The molecule has 4 nitrogen and oxygen atoms in total. The number of hydrogen-bond acceptors (Lipinski definition) is 3. The smallest absolute Gasteiger partial charge is 0.330 e. The van der Waals surface area contributed by atoms with Crippen LogP contribution in [-0.2, 0) is 23.1 Å². The van der Waals surface area contributed by atoms with Crippen molar-refractivity contribution in [2.45, 2.75) is 50.6 Å². The van der Waals surface area contributed by atoms with Crippen LogP contribution in [0, 0.1) is 17.8 Å². The van der Waals surface area contributed by atoms with Crippen molar-refractivity contribution in [1.82, 2.24) is 9.88 Å². The first-order valence-electron chi connectivity index (χ1n) is 9.21. The van der Waals surface area contributed by atoms with E-state index < -0.39 is 0 Å². The summed E-state index contributed by atoms with van der Waals surface area (Å²) in [7, 11) is 3.42. The minimum atomic E-state index is -0.315. The highest BCUT2D eigenvalue weighted by atomic mass is 16.5. The second-order valence-electron chi connectivity index (χ2n) is 8.29. The molecule has 4 aliphatic rings. The molecule has 24 heavy (non-hydrogen) atoms. The predicted octanol–water partition coefficient (Wildman–Crippen LogP) is 3.27. The molecule has 0 aromatic carbocycles. The molecule has 1 heterocycles. The lowest BCUT2D eigenvalue weighted by atomic mass is 9.53. The van der Waals surface area contributed by atoms with Crippen molar-refractivity contribution in [3.05, 3.63) is 29.6 Å². The van der Waals surface area contributed by atoms with Crippen molar-refractivity contribution in [3.8, 4) is 0 Å². The molecule has 1 aromatic rings. The molecule has 4 aliphatic carbocycles. The molecule has 4 saturated carbocycles. The summed E-state index contributed by atoms with van der Waals surface area (Å²) in [6, 6.07) is 2.16. The van der Waals surface area contributed by atoms with Crippen molar-refractivity contribution in [1.29, 1.82) is 0 Å². The summed E-state index contributed by atoms with van der Waals surface area (Å²) in [5.74, 6) is 2.60. The Morgan fingerprint density at radius 3 is 2.50 bits per heavy atom. The van der Waals surface area contributed by atoms with Gasteiger partial charge in [0.25, 0.3) is 0 Å². The van der Waals surface area contributed by atoms with Gasteiger partial charge in [-0.3, -0.25) is 0 Å². The Balaban J connectivity index is 1.41. The van der Waals surface area contributed by atoms with Gasteiger partial charge in [-0.15, -0.1) is 0 Å². The molecule has 0 saturated heterocycles. The molecule has 130 valence electrons. The SMILES string of the molecule is COC(=O)/C=C/c1cc(CNC23CC4CC(CC(C4)C2)C3)cn1C. The Bertz CT molecular complexity index is 623. The number of nitrogens with zero attached hydrogens (tertiary/aromatic N) is 1. The molecule has 0 radical (unpaired) electrons. The van der Waals surface area contributed by atoms with Crippen LogP contribution in [0.3, 0.4) is 0 Å². The Kier molecular flexibility index (Phi) is 4.03. The summed E-state index contributed by atoms with van der Waals surface area (Å²) in [6.07, 6.45) is 14.0. The summed E-state index contributed by atoms with van der Waals surface area (Å²) in [4.78, 5) is 11.3. The highest BCUT2D eigenvalue weighted by molar-refractivity contribution is 5.86. The Morgan fingerprint density at radius 2 is 1.92 bits per heavy atom. The third-order valence-corrected chi connectivity index (χ3v) is 6.40. The van der Waals surface area contributed by atoms with Gasteiger partial charge in [0.15, 0.2) is 0 Å². The molecule has 0 amide bonds. The summed E-state index contributed by atoms with van der Waals surface area (Å²) < 4.78 is 6.72. The fourth-order valence-electron chi connectivity index (χ4n) is 5.75. The largest absolute Gasteiger partial charge is 0.466 e. The summed E-state index contributed by atoms with van der Waals surface area (Å²) in [5.41, 5.74) is 2.72. The van der Waals surface area contributed by atoms with Crippen LogP contribution in [-0.4, -0.2) is 23.2 Å². The number of rotatable bonds is 5. The van der Waals surface area contributed by atoms with Crippen molar-refractivity contribution < 1.29 is 9.53 Å². The zero-order chi connectivity index (χ0) is 16.7. The quantitative estimate of drug-likeness (QED) is 0.666. The van der Waals surface area contributed by atoms with Crippen LogP contribution in [0.15, 0.2) is 18.3 Å². The second kappa shape index (κ2) is 6.07. The number of nitrogens with one attached hydrogen (secondary N) is 1. The third kappa shape index (κ3) is 3.04. The fraction of sp³-hybridized carbons (Fsp3) is 0.650. The van der Waals surface area contributed by atoms with Gasteiger partial charge < -0.3 is 14.6 Å². The lowest BCUT2D eigenvalue weighted by molar-refractivity contribution is -0.134. The number of methoxy groups -OCH3 is 1. The van der Waals surface area contributed by atoms with Crippen LogP contribution in [0.4, 0.5) is 0 Å². The topological polar surface area (TPSA) is 43.3 Å². The minimum Gasteiger partial charge on any atom is -0.466 e. The van der Waals surface area contributed by atoms with Crippen molar-refractivity contribution in [3.63, 3.8) is 0 Å². The first-order valence-corrected chi connectivity index (χ1v) is 9.21.